The Morgan fingerprint density at radius 3 is 2.14 bits per heavy atom. The Balaban J connectivity index is 2.25. The quantitative estimate of drug-likeness (QED) is 0.459. The number of hydrogen-bond acceptors (Lipinski definition) is 5. The lowest BCUT2D eigenvalue weighted by Gasteiger charge is -2.05. The van der Waals surface area contributed by atoms with Crippen molar-refractivity contribution in [2.45, 2.75) is 6.92 Å². The number of carbonyl (C=O) groups is 1. The zero-order valence-corrected chi connectivity index (χ0v) is 12.0. The van der Waals surface area contributed by atoms with Gasteiger partial charge in [0.2, 0.25) is 0 Å². The SMILES string of the molecule is CCOC(=O)c1cc(C=Cc2ccc(O)c(O)c2)ccc1O. The molecular weight excluding hydrogens is 284 g/mol. The summed E-state index contributed by atoms with van der Waals surface area (Å²) in [7, 11) is 0. The van der Waals surface area contributed by atoms with E-state index in [1.165, 1.54) is 24.3 Å². The zero-order valence-electron chi connectivity index (χ0n) is 12.0. The summed E-state index contributed by atoms with van der Waals surface area (Å²) in [6.45, 7) is 1.92. The van der Waals surface area contributed by atoms with Crippen molar-refractivity contribution >= 4 is 18.1 Å². The van der Waals surface area contributed by atoms with E-state index in [1.54, 1.807) is 31.2 Å². The maximum atomic E-state index is 11.7. The molecule has 0 saturated heterocycles. The van der Waals surface area contributed by atoms with Crippen molar-refractivity contribution in [2.24, 2.45) is 0 Å². The number of hydrogen-bond donors (Lipinski definition) is 3. The van der Waals surface area contributed by atoms with Crippen LogP contribution in [-0.4, -0.2) is 27.9 Å². The van der Waals surface area contributed by atoms with Gasteiger partial charge in [-0.25, -0.2) is 4.79 Å². The Kier molecular flexibility index (Phi) is 4.68. The van der Waals surface area contributed by atoms with Crippen LogP contribution in [0.1, 0.15) is 28.4 Å². The first-order valence-electron chi connectivity index (χ1n) is 6.71. The topological polar surface area (TPSA) is 87.0 Å². The van der Waals surface area contributed by atoms with Gasteiger partial charge in [-0.05, 0) is 42.3 Å². The van der Waals surface area contributed by atoms with Crippen molar-refractivity contribution < 1.29 is 24.9 Å². The standard InChI is InChI=1S/C17H16O5/c1-2-22-17(21)13-9-11(5-7-14(13)18)3-4-12-6-8-15(19)16(20)10-12/h3-10,18-20H,2H2,1H3. The van der Waals surface area contributed by atoms with Gasteiger partial charge in [-0.2, -0.15) is 0 Å². The van der Waals surface area contributed by atoms with Crippen molar-refractivity contribution in [1.82, 2.24) is 0 Å². The Hall–Kier alpha value is -2.95. The van der Waals surface area contributed by atoms with Crippen LogP contribution in [-0.2, 0) is 4.74 Å². The molecule has 0 unspecified atom stereocenters. The molecule has 3 N–H and O–H groups in total. The largest absolute Gasteiger partial charge is 0.507 e. The van der Waals surface area contributed by atoms with Gasteiger partial charge in [0.1, 0.15) is 11.3 Å². The van der Waals surface area contributed by atoms with Gasteiger partial charge in [-0.1, -0.05) is 24.3 Å². The molecule has 0 fully saturated rings. The average Bonchev–Trinajstić information content (AvgIpc) is 2.50. The Morgan fingerprint density at radius 1 is 0.955 bits per heavy atom. The van der Waals surface area contributed by atoms with E-state index < -0.39 is 5.97 Å². The number of carbonyl (C=O) groups excluding carboxylic acids is 1. The first kappa shape index (κ1) is 15.4. The predicted octanol–water partition coefficient (Wildman–Crippen LogP) is 3.15. The lowest BCUT2D eigenvalue weighted by molar-refractivity contribution is 0.0523. The molecule has 0 amide bonds. The lowest BCUT2D eigenvalue weighted by atomic mass is 10.1. The molecule has 0 aliphatic rings. The summed E-state index contributed by atoms with van der Waals surface area (Å²) in [6.07, 6.45) is 3.43. The summed E-state index contributed by atoms with van der Waals surface area (Å²) in [6, 6.07) is 9.02. The molecule has 0 saturated carbocycles. The average molecular weight is 300 g/mol. The van der Waals surface area contributed by atoms with Crippen LogP contribution in [0.5, 0.6) is 17.2 Å². The van der Waals surface area contributed by atoms with Crippen molar-refractivity contribution in [1.29, 1.82) is 0 Å². The molecule has 5 heteroatoms. The van der Waals surface area contributed by atoms with Gasteiger partial charge in [0, 0.05) is 0 Å². The van der Waals surface area contributed by atoms with Crippen LogP contribution in [0.2, 0.25) is 0 Å². The van der Waals surface area contributed by atoms with Gasteiger partial charge in [0.25, 0.3) is 0 Å². The number of benzene rings is 2. The van der Waals surface area contributed by atoms with Gasteiger partial charge < -0.3 is 20.1 Å². The van der Waals surface area contributed by atoms with Gasteiger partial charge in [-0.3, -0.25) is 0 Å². The highest BCUT2D eigenvalue weighted by atomic mass is 16.5. The number of esters is 1. The summed E-state index contributed by atoms with van der Waals surface area (Å²) in [5.74, 6) is -1.12. The molecule has 2 aromatic rings. The molecule has 0 spiro atoms. The lowest BCUT2D eigenvalue weighted by Crippen LogP contribution is -2.05. The Labute approximate surface area is 127 Å². The summed E-state index contributed by atoms with van der Waals surface area (Å²) in [4.78, 5) is 11.7. The van der Waals surface area contributed by atoms with E-state index in [1.807, 2.05) is 0 Å². The van der Waals surface area contributed by atoms with Crippen molar-refractivity contribution in [3.8, 4) is 17.2 Å². The molecule has 0 heterocycles. The van der Waals surface area contributed by atoms with Crippen LogP contribution in [0.15, 0.2) is 36.4 Å². The molecule has 0 aliphatic carbocycles. The Morgan fingerprint density at radius 2 is 1.55 bits per heavy atom. The molecule has 0 bridgehead atoms. The summed E-state index contributed by atoms with van der Waals surface area (Å²) < 4.78 is 4.87. The zero-order chi connectivity index (χ0) is 16.1. The molecule has 114 valence electrons. The van der Waals surface area contributed by atoms with Crippen LogP contribution in [0, 0.1) is 0 Å². The maximum Gasteiger partial charge on any atom is 0.341 e. The first-order valence-corrected chi connectivity index (χ1v) is 6.71. The molecule has 0 radical (unpaired) electrons. The number of aromatic hydroxyl groups is 3. The van der Waals surface area contributed by atoms with Crippen LogP contribution >= 0.6 is 0 Å². The first-order chi connectivity index (χ1) is 10.5. The van der Waals surface area contributed by atoms with Gasteiger partial charge in [0.05, 0.1) is 6.61 Å². The van der Waals surface area contributed by atoms with E-state index >= 15 is 0 Å². The molecule has 2 rings (SSSR count). The van der Waals surface area contributed by atoms with E-state index in [-0.39, 0.29) is 29.4 Å². The third kappa shape index (κ3) is 3.58. The summed E-state index contributed by atoms with van der Waals surface area (Å²) >= 11 is 0. The molecule has 2 aromatic carbocycles. The minimum Gasteiger partial charge on any atom is -0.507 e. The fourth-order valence-electron chi connectivity index (χ4n) is 1.87. The van der Waals surface area contributed by atoms with Crippen molar-refractivity contribution in [3.05, 3.63) is 53.1 Å². The second-order valence-corrected chi connectivity index (χ2v) is 4.58. The molecule has 0 aliphatic heterocycles. The monoisotopic (exact) mass is 300 g/mol. The predicted molar refractivity (Wildman–Crippen MR) is 82.8 cm³/mol. The molecule has 5 nitrogen and oxygen atoms in total. The van der Waals surface area contributed by atoms with Crippen LogP contribution in [0.3, 0.4) is 0 Å². The third-order valence-corrected chi connectivity index (χ3v) is 2.98. The maximum absolute atomic E-state index is 11.7. The number of phenols is 3. The van der Waals surface area contributed by atoms with E-state index in [4.69, 9.17) is 4.74 Å². The highest BCUT2D eigenvalue weighted by molar-refractivity contribution is 5.93. The molecule has 22 heavy (non-hydrogen) atoms. The van der Waals surface area contributed by atoms with Crippen molar-refractivity contribution in [3.63, 3.8) is 0 Å². The van der Waals surface area contributed by atoms with E-state index in [9.17, 15) is 20.1 Å². The number of rotatable bonds is 4. The minimum absolute atomic E-state index is 0.0950. The normalized spacial score (nSPS) is 10.8. The summed E-state index contributed by atoms with van der Waals surface area (Å²) in [5.41, 5.74) is 1.46. The van der Waals surface area contributed by atoms with E-state index in [0.29, 0.717) is 11.1 Å². The minimum atomic E-state index is -0.586. The third-order valence-electron chi connectivity index (χ3n) is 2.98. The van der Waals surface area contributed by atoms with Gasteiger partial charge in [0.15, 0.2) is 11.5 Å². The smallest absolute Gasteiger partial charge is 0.341 e. The van der Waals surface area contributed by atoms with Gasteiger partial charge >= 0.3 is 5.97 Å². The van der Waals surface area contributed by atoms with E-state index in [2.05, 4.69) is 0 Å². The van der Waals surface area contributed by atoms with Crippen LogP contribution in [0.4, 0.5) is 0 Å². The molecule has 0 atom stereocenters. The van der Waals surface area contributed by atoms with E-state index in [0.717, 1.165) is 0 Å². The highest BCUT2D eigenvalue weighted by Gasteiger charge is 2.12. The fraction of sp³-hybridized carbons (Fsp3) is 0.118. The number of phenolic OH excluding ortho intramolecular Hbond substituents is 3. The Bertz CT molecular complexity index is 719. The molecular formula is C17H16O5. The fourth-order valence-corrected chi connectivity index (χ4v) is 1.87. The second-order valence-electron chi connectivity index (χ2n) is 4.58. The summed E-state index contributed by atoms with van der Waals surface area (Å²) in [5, 5.41) is 28.4. The number of ether oxygens (including phenoxy) is 1. The van der Waals surface area contributed by atoms with Crippen molar-refractivity contribution in [2.75, 3.05) is 6.61 Å². The van der Waals surface area contributed by atoms with Crippen LogP contribution in [0.25, 0.3) is 12.2 Å². The second kappa shape index (κ2) is 6.67. The highest BCUT2D eigenvalue weighted by Crippen LogP contribution is 2.26. The van der Waals surface area contributed by atoms with Gasteiger partial charge in [-0.15, -0.1) is 0 Å². The molecule has 0 aromatic heterocycles. The van der Waals surface area contributed by atoms with Crippen LogP contribution < -0.4 is 0 Å².